The third-order valence-electron chi connectivity index (χ3n) is 5.86. The highest BCUT2D eigenvalue weighted by atomic mass is 28.4. The molecule has 0 aromatic heterocycles. The highest BCUT2D eigenvalue weighted by molar-refractivity contribution is 6.70. The molecule has 0 aliphatic heterocycles. The van der Waals surface area contributed by atoms with Crippen LogP contribution >= 0.6 is 0 Å². The van der Waals surface area contributed by atoms with Gasteiger partial charge in [0, 0.05) is 0 Å². The van der Waals surface area contributed by atoms with Crippen molar-refractivity contribution in [2.45, 2.75) is 156 Å². The molecule has 2 unspecified atom stereocenters. The third kappa shape index (κ3) is 19.7. The Bertz CT molecular complexity index is 550. The van der Waals surface area contributed by atoms with Crippen LogP contribution in [0.4, 0.5) is 0 Å². The molecule has 0 aliphatic rings. The van der Waals surface area contributed by atoms with Crippen molar-refractivity contribution in [3.63, 3.8) is 0 Å². The quantitative estimate of drug-likeness (QED) is 0.0887. The largest absolute Gasteiger partial charge is 0.547 e. The summed E-state index contributed by atoms with van der Waals surface area (Å²) in [7, 11) is -3.72. The van der Waals surface area contributed by atoms with E-state index in [1.807, 2.05) is 0 Å². The molecule has 1 N–H and O–H groups in total. The van der Waals surface area contributed by atoms with Crippen molar-refractivity contribution >= 4 is 22.6 Å². The molecule has 0 radical (unpaired) electrons. The van der Waals surface area contributed by atoms with Gasteiger partial charge in [-0.05, 0) is 58.2 Å². The maximum Gasteiger partial charge on any atom is 0.314 e. The second-order valence-corrected chi connectivity index (χ2v) is 20.8. The van der Waals surface area contributed by atoms with Gasteiger partial charge in [0.05, 0.1) is 11.9 Å². The average molecular weight is 515 g/mol. The summed E-state index contributed by atoms with van der Waals surface area (Å²) in [6, 6.07) is 0. The van der Waals surface area contributed by atoms with Gasteiger partial charge < -0.3 is 14.0 Å². The van der Waals surface area contributed by atoms with Crippen LogP contribution in [0.2, 0.25) is 39.3 Å². The summed E-state index contributed by atoms with van der Waals surface area (Å²) in [4.78, 5) is 12.2. The first-order chi connectivity index (χ1) is 15.9. The molecule has 0 heterocycles. The lowest BCUT2D eigenvalue weighted by Gasteiger charge is -2.29. The van der Waals surface area contributed by atoms with Crippen molar-refractivity contribution < 1.29 is 18.8 Å². The van der Waals surface area contributed by atoms with Gasteiger partial charge in [-0.25, -0.2) is 0 Å². The summed E-state index contributed by atoms with van der Waals surface area (Å²) in [5.41, 5.74) is 0. The fourth-order valence-electron chi connectivity index (χ4n) is 4.21. The molecule has 0 fully saturated rings. The molecule has 4 nitrogen and oxygen atoms in total. The fraction of sp³-hybridized carbons (Fsp3) is 0.893. The second kappa shape index (κ2) is 18.6. The Balaban J connectivity index is 5.24. The summed E-state index contributed by atoms with van der Waals surface area (Å²) in [6.07, 6.45) is 19.6. The fourth-order valence-corrected chi connectivity index (χ4v) is 6.22. The summed E-state index contributed by atoms with van der Waals surface area (Å²) in [6.45, 7) is 17.5. The van der Waals surface area contributed by atoms with Gasteiger partial charge in [-0.1, -0.05) is 97.3 Å². The molecule has 0 aromatic carbocycles. The van der Waals surface area contributed by atoms with Gasteiger partial charge >= 0.3 is 5.97 Å². The molecule has 2 atom stereocenters. The normalized spacial score (nSPS) is 14.8. The van der Waals surface area contributed by atoms with Crippen LogP contribution in [0.25, 0.3) is 0 Å². The van der Waals surface area contributed by atoms with Crippen molar-refractivity contribution in [3.05, 3.63) is 11.8 Å². The minimum absolute atomic E-state index is 0.0555. The lowest BCUT2D eigenvalue weighted by molar-refractivity contribution is -0.141. The minimum Gasteiger partial charge on any atom is -0.547 e. The lowest BCUT2D eigenvalue weighted by atomic mass is 9.97. The van der Waals surface area contributed by atoms with Gasteiger partial charge in [0.15, 0.2) is 8.32 Å². The molecular formula is C28H58O4Si2. The van der Waals surface area contributed by atoms with Crippen LogP contribution in [-0.4, -0.2) is 33.8 Å². The standard InChI is InChI=1S/C28H58O4Si2/c1-9-11-13-15-16-17-18-19-20-22-25(31-33(3,4)5)24-27(32-34(6,7)8)26(28(29)30)23-21-14-12-10-2/h24-26H,9-23H2,1-8H3,(H,29,30). The molecule has 0 rings (SSSR count). The third-order valence-corrected chi connectivity index (χ3v) is 7.72. The van der Waals surface area contributed by atoms with Gasteiger partial charge in [-0.2, -0.15) is 0 Å². The molecule has 0 amide bonds. The van der Waals surface area contributed by atoms with Crippen LogP contribution in [0.5, 0.6) is 0 Å². The van der Waals surface area contributed by atoms with Crippen LogP contribution in [0.15, 0.2) is 11.8 Å². The second-order valence-electron chi connectivity index (χ2n) is 11.9. The highest BCUT2D eigenvalue weighted by Crippen LogP contribution is 2.27. The minimum atomic E-state index is -1.95. The Morgan fingerprint density at radius 1 is 0.706 bits per heavy atom. The molecule has 0 bridgehead atoms. The first kappa shape index (κ1) is 33.4. The average Bonchev–Trinajstić information content (AvgIpc) is 2.69. The summed E-state index contributed by atoms with van der Waals surface area (Å²) >= 11 is 0. The van der Waals surface area contributed by atoms with Gasteiger partial charge in [0.25, 0.3) is 0 Å². The van der Waals surface area contributed by atoms with Crippen LogP contribution in [-0.2, 0) is 13.6 Å². The first-order valence-electron chi connectivity index (χ1n) is 14.2. The molecule has 202 valence electrons. The van der Waals surface area contributed by atoms with Crippen molar-refractivity contribution in [3.8, 4) is 0 Å². The molecule has 0 saturated heterocycles. The molecule has 0 aromatic rings. The summed E-state index contributed by atoms with van der Waals surface area (Å²) < 4.78 is 12.9. The van der Waals surface area contributed by atoms with E-state index in [0.29, 0.717) is 12.2 Å². The van der Waals surface area contributed by atoms with E-state index >= 15 is 0 Å². The zero-order chi connectivity index (χ0) is 26.0. The Morgan fingerprint density at radius 3 is 1.59 bits per heavy atom. The Morgan fingerprint density at radius 2 is 1.15 bits per heavy atom. The van der Waals surface area contributed by atoms with Crippen molar-refractivity contribution in [2.75, 3.05) is 0 Å². The molecular weight excluding hydrogens is 456 g/mol. The first-order valence-corrected chi connectivity index (χ1v) is 21.0. The lowest BCUT2D eigenvalue weighted by Crippen LogP contribution is -2.34. The summed E-state index contributed by atoms with van der Waals surface area (Å²) in [5.74, 6) is -0.683. The highest BCUT2D eigenvalue weighted by Gasteiger charge is 2.30. The molecule has 0 spiro atoms. The predicted octanol–water partition coefficient (Wildman–Crippen LogP) is 9.53. The number of carbonyl (C=O) groups is 1. The Kier molecular flexibility index (Phi) is 18.3. The van der Waals surface area contributed by atoms with Gasteiger partial charge in [0.1, 0.15) is 5.92 Å². The van der Waals surface area contributed by atoms with Gasteiger partial charge in [-0.15, -0.1) is 0 Å². The van der Waals surface area contributed by atoms with Crippen LogP contribution in [0, 0.1) is 5.92 Å². The van der Waals surface area contributed by atoms with Crippen molar-refractivity contribution in [2.24, 2.45) is 5.92 Å². The number of rotatable bonds is 22. The van der Waals surface area contributed by atoms with Crippen LogP contribution < -0.4 is 0 Å². The van der Waals surface area contributed by atoms with Gasteiger partial charge in [-0.3, -0.25) is 4.79 Å². The van der Waals surface area contributed by atoms with E-state index in [4.69, 9.17) is 8.85 Å². The molecule has 6 heteroatoms. The zero-order valence-corrected chi connectivity index (χ0v) is 26.0. The van der Waals surface area contributed by atoms with E-state index in [2.05, 4.69) is 59.2 Å². The maximum atomic E-state index is 12.2. The number of unbranched alkanes of at least 4 members (excludes halogenated alkanes) is 11. The zero-order valence-electron chi connectivity index (χ0n) is 24.0. The maximum absolute atomic E-state index is 12.2. The Labute approximate surface area is 214 Å². The smallest absolute Gasteiger partial charge is 0.314 e. The number of aliphatic carboxylic acids is 1. The van der Waals surface area contributed by atoms with Crippen molar-refractivity contribution in [1.29, 1.82) is 0 Å². The van der Waals surface area contributed by atoms with E-state index in [-0.39, 0.29) is 6.10 Å². The summed E-state index contributed by atoms with van der Waals surface area (Å²) in [5, 5.41) is 10.1. The van der Waals surface area contributed by atoms with Crippen LogP contribution in [0.3, 0.4) is 0 Å². The van der Waals surface area contributed by atoms with E-state index in [0.717, 1.165) is 38.5 Å². The topological polar surface area (TPSA) is 55.8 Å². The van der Waals surface area contributed by atoms with E-state index in [1.54, 1.807) is 0 Å². The van der Waals surface area contributed by atoms with Crippen LogP contribution in [0.1, 0.15) is 110 Å². The van der Waals surface area contributed by atoms with Gasteiger partial charge in [0.2, 0.25) is 8.32 Å². The van der Waals surface area contributed by atoms with E-state index in [9.17, 15) is 9.90 Å². The molecule has 34 heavy (non-hydrogen) atoms. The number of carboxylic acids is 1. The number of hydrogen-bond donors (Lipinski definition) is 1. The molecule has 0 aliphatic carbocycles. The number of carboxylic acid groups (broad SMARTS) is 1. The van der Waals surface area contributed by atoms with E-state index in [1.165, 1.54) is 51.4 Å². The molecule has 0 saturated carbocycles. The van der Waals surface area contributed by atoms with Crippen molar-refractivity contribution in [1.82, 2.24) is 0 Å². The predicted molar refractivity (Wildman–Crippen MR) is 152 cm³/mol. The number of hydrogen-bond acceptors (Lipinski definition) is 3. The van der Waals surface area contributed by atoms with E-state index < -0.39 is 28.5 Å². The SMILES string of the molecule is CCCCCCCCCCCC(C=C(O[Si](C)(C)C)C(CCCCCC)C(=O)O)O[Si](C)(C)C. The monoisotopic (exact) mass is 514 g/mol. The Hall–Kier alpha value is -0.596.